The molecule has 0 saturated carbocycles. The molecule has 3 N–H and O–H groups in total. The second-order valence-corrected chi connectivity index (χ2v) is 23.1. The maximum atomic E-state index is 12.7. The van der Waals surface area contributed by atoms with Crippen LogP contribution in [-0.4, -0.2) is 49.3 Å². The Morgan fingerprint density at radius 2 is 0.693 bits per heavy atom. The van der Waals surface area contributed by atoms with Crippen LogP contribution in [0.1, 0.15) is 322 Å². The molecule has 0 aliphatic heterocycles. The van der Waals surface area contributed by atoms with Crippen molar-refractivity contribution in [1.29, 1.82) is 0 Å². The molecule has 2 unspecified atom stereocenters. The molecule has 0 rings (SSSR count). The van der Waals surface area contributed by atoms with E-state index in [0.29, 0.717) is 6.42 Å². The molecule has 440 valence electrons. The average Bonchev–Trinajstić information content (AvgIpc) is 3.40. The van der Waals surface area contributed by atoms with E-state index in [9.17, 15) is 19.0 Å². The number of rotatable bonds is 61. The number of hydrogen-bond acceptors (Lipinski definition) is 8. The maximum absolute atomic E-state index is 12.7. The van der Waals surface area contributed by atoms with Crippen molar-refractivity contribution in [3.05, 3.63) is 48.6 Å². The monoisotopic (exact) mass is 1080 g/mol. The molecule has 0 aromatic rings. The van der Waals surface area contributed by atoms with Gasteiger partial charge >= 0.3 is 19.8 Å². The summed E-state index contributed by atoms with van der Waals surface area (Å²) < 4.78 is 33.1. The van der Waals surface area contributed by atoms with Gasteiger partial charge < -0.3 is 20.1 Å². The Hall–Kier alpha value is -2.03. The third-order valence-corrected chi connectivity index (χ3v) is 15.2. The van der Waals surface area contributed by atoms with Gasteiger partial charge in [0.05, 0.1) is 13.2 Å². The van der Waals surface area contributed by atoms with E-state index in [4.69, 9.17) is 24.3 Å². The summed E-state index contributed by atoms with van der Waals surface area (Å²) in [6.45, 7) is 3.74. The minimum absolute atomic E-state index is 0.0531. The number of unbranched alkanes of at least 4 members (excludes halogenated alkanes) is 40. The number of phosphoric acid groups is 1. The van der Waals surface area contributed by atoms with Crippen LogP contribution in [-0.2, 0) is 32.7 Å². The van der Waals surface area contributed by atoms with E-state index < -0.39 is 26.5 Å². The van der Waals surface area contributed by atoms with E-state index in [0.717, 1.165) is 57.8 Å². The molecule has 0 aliphatic carbocycles. The summed E-state index contributed by atoms with van der Waals surface area (Å²) in [6.07, 6.45) is 76.3. The van der Waals surface area contributed by atoms with Crippen molar-refractivity contribution in [2.24, 2.45) is 5.73 Å². The van der Waals surface area contributed by atoms with Gasteiger partial charge in [-0.3, -0.25) is 18.6 Å². The van der Waals surface area contributed by atoms with Gasteiger partial charge in [-0.2, -0.15) is 0 Å². The van der Waals surface area contributed by atoms with Crippen molar-refractivity contribution in [3.8, 4) is 0 Å². The molecule has 0 spiro atoms. The number of carbonyl (C=O) groups is 2. The topological polar surface area (TPSA) is 134 Å². The molecule has 75 heavy (non-hydrogen) atoms. The summed E-state index contributed by atoms with van der Waals surface area (Å²) in [5, 5.41) is 0. The Morgan fingerprint density at radius 3 is 1.04 bits per heavy atom. The zero-order valence-electron chi connectivity index (χ0n) is 49.3. The van der Waals surface area contributed by atoms with Gasteiger partial charge in [0, 0.05) is 19.4 Å². The van der Waals surface area contributed by atoms with Crippen LogP contribution in [0.25, 0.3) is 0 Å². The molecule has 0 heterocycles. The summed E-state index contributed by atoms with van der Waals surface area (Å²) in [5.74, 6) is -0.823. The van der Waals surface area contributed by atoms with Crippen LogP contribution in [0.2, 0.25) is 0 Å². The van der Waals surface area contributed by atoms with Gasteiger partial charge in [0.2, 0.25) is 0 Å². The zero-order valence-corrected chi connectivity index (χ0v) is 50.2. The van der Waals surface area contributed by atoms with Crippen molar-refractivity contribution in [3.63, 3.8) is 0 Å². The average molecular weight is 1080 g/mol. The number of nitrogens with two attached hydrogens (primary N) is 1. The minimum Gasteiger partial charge on any atom is -0.462 e. The lowest BCUT2D eigenvalue weighted by Crippen LogP contribution is -2.29. The van der Waals surface area contributed by atoms with E-state index in [1.54, 1.807) is 0 Å². The molecule has 0 aromatic heterocycles. The van der Waals surface area contributed by atoms with Crippen molar-refractivity contribution in [1.82, 2.24) is 0 Å². The predicted molar refractivity (Wildman–Crippen MR) is 321 cm³/mol. The lowest BCUT2D eigenvalue weighted by Gasteiger charge is -2.19. The second-order valence-electron chi connectivity index (χ2n) is 21.6. The fraction of sp³-hybridized carbons (Fsp3) is 0.846. The first-order chi connectivity index (χ1) is 36.8. The van der Waals surface area contributed by atoms with Crippen molar-refractivity contribution < 1.29 is 37.6 Å². The highest BCUT2D eigenvalue weighted by Crippen LogP contribution is 2.43. The first kappa shape index (κ1) is 73.0. The second kappa shape index (κ2) is 61.2. The van der Waals surface area contributed by atoms with Gasteiger partial charge in [-0.05, 0) is 77.0 Å². The first-order valence-corrected chi connectivity index (χ1v) is 33.6. The van der Waals surface area contributed by atoms with Gasteiger partial charge in [-0.25, -0.2) is 4.57 Å². The lowest BCUT2D eigenvalue weighted by atomic mass is 10.0. The summed E-state index contributed by atoms with van der Waals surface area (Å²) in [4.78, 5) is 35.2. The van der Waals surface area contributed by atoms with Crippen molar-refractivity contribution in [2.75, 3.05) is 26.4 Å². The predicted octanol–water partition coefficient (Wildman–Crippen LogP) is 20.5. The van der Waals surface area contributed by atoms with Crippen LogP contribution in [0.15, 0.2) is 48.6 Å². The van der Waals surface area contributed by atoms with Gasteiger partial charge in [0.1, 0.15) is 6.61 Å². The largest absolute Gasteiger partial charge is 0.472 e. The lowest BCUT2D eigenvalue weighted by molar-refractivity contribution is -0.161. The van der Waals surface area contributed by atoms with E-state index in [2.05, 4.69) is 62.5 Å². The SMILES string of the molecule is CCCCC/C=C\C/C=C\CCCCCCCCCC(=O)OCC(COP(=O)(O)OCCN)OC(=O)CCCCCCCCCCCCCCCCCCCCCCCCCCC/C=C\C/C=C\CCCCCCC. The highest BCUT2D eigenvalue weighted by atomic mass is 31.2. The van der Waals surface area contributed by atoms with Gasteiger partial charge in [-0.15, -0.1) is 0 Å². The molecule has 0 bridgehead atoms. The summed E-state index contributed by atoms with van der Waals surface area (Å²) >= 11 is 0. The van der Waals surface area contributed by atoms with Crippen LogP contribution < -0.4 is 5.73 Å². The summed E-state index contributed by atoms with van der Waals surface area (Å²) in [7, 11) is -4.39. The Labute approximate surface area is 464 Å². The highest BCUT2D eigenvalue weighted by molar-refractivity contribution is 7.47. The summed E-state index contributed by atoms with van der Waals surface area (Å²) in [5.41, 5.74) is 5.39. The molecule has 0 radical (unpaired) electrons. The molecule has 10 heteroatoms. The van der Waals surface area contributed by atoms with Crippen LogP contribution in [0.5, 0.6) is 0 Å². The molecule has 0 fully saturated rings. The molecule has 0 aliphatic rings. The Kier molecular flexibility index (Phi) is 59.5. The van der Waals surface area contributed by atoms with Crippen LogP contribution in [0.4, 0.5) is 0 Å². The number of esters is 2. The van der Waals surface area contributed by atoms with E-state index >= 15 is 0 Å². The number of hydrogen-bond donors (Lipinski definition) is 2. The molecule has 0 saturated heterocycles. The Bertz CT molecular complexity index is 1370. The van der Waals surface area contributed by atoms with Crippen LogP contribution >= 0.6 is 7.82 Å². The minimum atomic E-state index is -4.39. The number of phosphoric ester groups is 1. The molecule has 0 amide bonds. The van der Waals surface area contributed by atoms with E-state index in [-0.39, 0.29) is 38.6 Å². The van der Waals surface area contributed by atoms with E-state index in [1.165, 1.54) is 231 Å². The zero-order chi connectivity index (χ0) is 54.5. The molecule has 9 nitrogen and oxygen atoms in total. The number of carbonyl (C=O) groups excluding carboxylic acids is 2. The normalized spacial score (nSPS) is 13.3. The van der Waals surface area contributed by atoms with Gasteiger partial charge in [0.15, 0.2) is 6.10 Å². The molecule has 2 atom stereocenters. The Morgan fingerprint density at radius 1 is 0.400 bits per heavy atom. The van der Waals surface area contributed by atoms with Crippen LogP contribution in [0, 0.1) is 0 Å². The van der Waals surface area contributed by atoms with Crippen molar-refractivity contribution >= 4 is 19.8 Å². The molecule has 0 aromatic carbocycles. The van der Waals surface area contributed by atoms with E-state index in [1.807, 2.05) is 0 Å². The van der Waals surface area contributed by atoms with Gasteiger partial charge in [0.25, 0.3) is 0 Å². The smallest absolute Gasteiger partial charge is 0.462 e. The number of allylic oxidation sites excluding steroid dienone is 8. The standard InChI is InChI=1S/C65H122NO8P/c1-3-5-7-9-11-13-15-17-19-21-22-23-24-25-26-27-28-29-30-31-32-33-34-35-36-37-38-39-40-42-44-46-48-50-52-54-56-58-65(68)74-63(62-73-75(69,70)72-60-59-66)61-71-64(67)57-55-53-51-49-47-45-43-41-20-18-16-14-12-10-8-6-4-2/h12,14-15,17-18,20-22,63H,3-11,13,16,19,23-62,66H2,1-2H3,(H,69,70)/b14-12-,17-15-,20-18-,22-21-. The quantitative estimate of drug-likeness (QED) is 0.0264. The first-order valence-electron chi connectivity index (χ1n) is 32.1. The molecular weight excluding hydrogens is 954 g/mol. The molecular formula is C65H122NO8P. The highest BCUT2D eigenvalue weighted by Gasteiger charge is 2.26. The van der Waals surface area contributed by atoms with Crippen molar-refractivity contribution in [2.45, 2.75) is 328 Å². The Balaban J connectivity index is 3.79. The summed E-state index contributed by atoms with van der Waals surface area (Å²) in [6, 6.07) is 0. The fourth-order valence-electron chi connectivity index (χ4n) is 9.41. The third-order valence-electron chi connectivity index (χ3n) is 14.2. The van der Waals surface area contributed by atoms with Crippen LogP contribution in [0.3, 0.4) is 0 Å². The third kappa shape index (κ3) is 61.1. The van der Waals surface area contributed by atoms with Gasteiger partial charge in [-0.1, -0.05) is 281 Å². The number of ether oxygens (including phenoxy) is 2. The maximum Gasteiger partial charge on any atom is 0.472 e. The fourth-order valence-corrected chi connectivity index (χ4v) is 10.2.